The maximum absolute atomic E-state index is 13.8. The van der Waals surface area contributed by atoms with Crippen molar-refractivity contribution in [3.63, 3.8) is 0 Å². The fourth-order valence-electron chi connectivity index (χ4n) is 6.09. The quantitative estimate of drug-likeness (QED) is 0.492. The number of rotatable bonds is 4. The van der Waals surface area contributed by atoms with Crippen LogP contribution in [0.1, 0.15) is 32.8 Å². The van der Waals surface area contributed by atoms with E-state index in [1.807, 2.05) is 50.3 Å². The van der Waals surface area contributed by atoms with Gasteiger partial charge in [-0.05, 0) is 30.4 Å². The second kappa shape index (κ2) is 8.29. The van der Waals surface area contributed by atoms with Gasteiger partial charge in [-0.2, -0.15) is 0 Å². The van der Waals surface area contributed by atoms with Gasteiger partial charge in [-0.1, -0.05) is 56.3 Å². The minimum Gasteiger partial charge on any atom is -0.393 e. The van der Waals surface area contributed by atoms with Gasteiger partial charge in [0, 0.05) is 31.5 Å². The van der Waals surface area contributed by atoms with E-state index in [2.05, 4.69) is 0 Å². The summed E-state index contributed by atoms with van der Waals surface area (Å²) in [7, 11) is 1.50. The van der Waals surface area contributed by atoms with Crippen molar-refractivity contribution in [2.24, 2.45) is 28.7 Å². The molecule has 5 rings (SSSR count). The number of carbonyl (C=O) groups excluding carboxylic acids is 4. The van der Waals surface area contributed by atoms with Gasteiger partial charge in [0.1, 0.15) is 5.54 Å². The predicted molar refractivity (Wildman–Crippen MR) is 128 cm³/mol. The van der Waals surface area contributed by atoms with Crippen LogP contribution in [0.15, 0.2) is 58.6 Å². The highest BCUT2D eigenvalue weighted by Crippen LogP contribution is 2.56. The van der Waals surface area contributed by atoms with Crippen molar-refractivity contribution in [1.82, 2.24) is 9.80 Å². The summed E-state index contributed by atoms with van der Waals surface area (Å²) >= 11 is 0. The predicted octanol–water partition coefficient (Wildman–Crippen LogP) is 3.14. The van der Waals surface area contributed by atoms with E-state index in [4.69, 9.17) is 9.73 Å². The minimum atomic E-state index is -1.34. The van der Waals surface area contributed by atoms with E-state index in [0.29, 0.717) is 24.1 Å². The fourth-order valence-corrected chi connectivity index (χ4v) is 6.09. The van der Waals surface area contributed by atoms with Crippen molar-refractivity contribution >= 4 is 29.7 Å². The Kier molecular flexibility index (Phi) is 5.49. The number of amides is 4. The van der Waals surface area contributed by atoms with Gasteiger partial charge >= 0.3 is 6.09 Å². The van der Waals surface area contributed by atoms with E-state index in [1.165, 1.54) is 11.9 Å². The molecule has 1 aromatic rings. The Morgan fingerprint density at radius 2 is 1.86 bits per heavy atom. The normalized spacial score (nSPS) is 32.3. The van der Waals surface area contributed by atoms with E-state index in [-0.39, 0.29) is 30.1 Å². The van der Waals surface area contributed by atoms with Crippen molar-refractivity contribution in [3.05, 3.63) is 59.2 Å². The summed E-state index contributed by atoms with van der Waals surface area (Å²) in [6.45, 7) is 6.14. The second-order valence-electron chi connectivity index (χ2n) is 10.1. The third-order valence-electron chi connectivity index (χ3n) is 7.58. The first-order valence-electron chi connectivity index (χ1n) is 12.1. The molecular weight excluding hydrogens is 446 g/mol. The first-order valence-corrected chi connectivity index (χ1v) is 12.1. The average Bonchev–Trinajstić information content (AvgIpc) is 3.24. The molecule has 0 N–H and O–H groups in total. The minimum absolute atomic E-state index is 0.148. The van der Waals surface area contributed by atoms with Crippen molar-refractivity contribution in [2.75, 3.05) is 13.6 Å². The molecule has 0 radical (unpaired) electrons. The molecule has 0 bridgehead atoms. The number of hydrogen-bond acceptors (Lipinski definition) is 6. The lowest BCUT2D eigenvalue weighted by Crippen LogP contribution is -2.66. The molecule has 0 unspecified atom stereocenters. The van der Waals surface area contributed by atoms with E-state index in [9.17, 15) is 19.2 Å². The monoisotopic (exact) mass is 475 g/mol. The SMILES string of the molecule is C/C=C1\C(=O)N2C(=O)OC(=NCC(C)C)[C@]2(Cc2ccccc2)[C@H]2C1=CC[C@H]1C(=O)N(C)C(=O)[C@H]12. The lowest BCUT2D eigenvalue weighted by Gasteiger charge is -2.50. The average molecular weight is 476 g/mol. The summed E-state index contributed by atoms with van der Waals surface area (Å²) in [5, 5.41) is 0. The lowest BCUT2D eigenvalue weighted by atomic mass is 9.58. The van der Waals surface area contributed by atoms with Crippen LogP contribution >= 0.6 is 0 Å². The van der Waals surface area contributed by atoms with Crippen LogP contribution in [-0.2, 0) is 25.5 Å². The highest BCUT2D eigenvalue weighted by molar-refractivity contribution is 6.18. The van der Waals surface area contributed by atoms with Gasteiger partial charge in [0.2, 0.25) is 17.7 Å². The zero-order valence-corrected chi connectivity index (χ0v) is 20.4. The molecule has 35 heavy (non-hydrogen) atoms. The molecule has 3 aliphatic heterocycles. The highest BCUT2D eigenvalue weighted by Gasteiger charge is 2.70. The number of fused-ring (bicyclic) bond motifs is 5. The third kappa shape index (κ3) is 3.22. The summed E-state index contributed by atoms with van der Waals surface area (Å²) in [5.74, 6) is -2.58. The number of imide groups is 2. The summed E-state index contributed by atoms with van der Waals surface area (Å²) in [5.41, 5.74) is 0.594. The smallest absolute Gasteiger partial charge is 0.393 e. The molecule has 0 spiro atoms. The molecule has 4 amide bonds. The largest absolute Gasteiger partial charge is 0.424 e. The zero-order valence-electron chi connectivity index (χ0n) is 20.4. The number of allylic oxidation sites excluding steroid dienone is 2. The van der Waals surface area contributed by atoms with Crippen molar-refractivity contribution in [2.45, 2.75) is 39.2 Å². The number of likely N-dealkylation sites (tertiary alicyclic amines) is 1. The molecule has 4 aliphatic rings. The van der Waals surface area contributed by atoms with Crippen LogP contribution < -0.4 is 0 Å². The first-order chi connectivity index (χ1) is 16.7. The van der Waals surface area contributed by atoms with Gasteiger partial charge in [-0.15, -0.1) is 0 Å². The standard InChI is InChI=1S/C27H29N3O5/c1-5-17-18-11-12-19-20(24(33)29(4)22(19)31)21(18)27(13-16-9-7-6-8-10-16)25(28-14-15(2)3)35-26(34)30(27)23(17)32/h5-11,15,19-21H,12-14H2,1-4H3/b17-5-,28-25?/t19-,20-,21+,27+/m1/s1. The molecule has 8 heteroatoms. The molecule has 0 aromatic heterocycles. The molecule has 3 heterocycles. The van der Waals surface area contributed by atoms with E-state index in [0.717, 1.165) is 10.5 Å². The number of carbonyl (C=O) groups is 4. The number of piperidine rings is 1. The molecule has 3 fully saturated rings. The van der Waals surface area contributed by atoms with E-state index >= 15 is 0 Å². The van der Waals surface area contributed by atoms with Crippen LogP contribution in [0.25, 0.3) is 0 Å². The Hall–Kier alpha value is -3.55. The Bertz CT molecular complexity index is 1210. The number of benzene rings is 1. The van der Waals surface area contributed by atoms with Crippen LogP contribution in [-0.4, -0.2) is 58.6 Å². The van der Waals surface area contributed by atoms with E-state index < -0.39 is 35.3 Å². The summed E-state index contributed by atoms with van der Waals surface area (Å²) < 4.78 is 5.74. The third-order valence-corrected chi connectivity index (χ3v) is 7.58. The Morgan fingerprint density at radius 1 is 1.14 bits per heavy atom. The number of hydrogen-bond donors (Lipinski definition) is 0. The van der Waals surface area contributed by atoms with Crippen molar-refractivity contribution < 1.29 is 23.9 Å². The number of ether oxygens (including phenoxy) is 1. The zero-order chi connectivity index (χ0) is 25.1. The maximum atomic E-state index is 13.8. The topological polar surface area (TPSA) is 96.3 Å². The Balaban J connectivity index is 1.80. The summed E-state index contributed by atoms with van der Waals surface area (Å²) in [4.78, 5) is 60.6. The summed E-state index contributed by atoms with van der Waals surface area (Å²) in [6, 6.07) is 9.51. The van der Waals surface area contributed by atoms with Gasteiger partial charge in [-0.3, -0.25) is 24.3 Å². The number of nitrogens with zero attached hydrogens (tertiary/aromatic N) is 3. The molecule has 8 nitrogen and oxygen atoms in total. The van der Waals surface area contributed by atoms with Crippen LogP contribution in [0.5, 0.6) is 0 Å². The van der Waals surface area contributed by atoms with Crippen LogP contribution in [0.3, 0.4) is 0 Å². The van der Waals surface area contributed by atoms with Crippen LogP contribution in [0, 0.1) is 23.7 Å². The van der Waals surface area contributed by atoms with Gasteiger partial charge < -0.3 is 4.74 Å². The van der Waals surface area contributed by atoms with E-state index in [1.54, 1.807) is 13.0 Å². The molecule has 4 atom stereocenters. The van der Waals surface area contributed by atoms with Crippen molar-refractivity contribution in [1.29, 1.82) is 0 Å². The molecule has 3 saturated heterocycles. The lowest BCUT2D eigenvalue weighted by molar-refractivity contribution is -0.140. The Labute approximate surface area is 204 Å². The van der Waals surface area contributed by atoms with Crippen LogP contribution in [0.4, 0.5) is 4.79 Å². The number of aliphatic imine (C=N–C) groups is 1. The Morgan fingerprint density at radius 3 is 2.51 bits per heavy atom. The second-order valence-corrected chi connectivity index (χ2v) is 10.1. The summed E-state index contributed by atoms with van der Waals surface area (Å²) in [6.07, 6.45) is 3.38. The number of cyclic esters (lactones) is 1. The first kappa shape index (κ1) is 23.2. The maximum Gasteiger partial charge on any atom is 0.424 e. The molecule has 1 aromatic carbocycles. The van der Waals surface area contributed by atoms with Crippen molar-refractivity contribution in [3.8, 4) is 0 Å². The van der Waals surface area contributed by atoms with Crippen LogP contribution in [0.2, 0.25) is 0 Å². The van der Waals surface area contributed by atoms with Gasteiger partial charge in [0.15, 0.2) is 0 Å². The van der Waals surface area contributed by atoms with Gasteiger partial charge in [-0.25, -0.2) is 9.69 Å². The highest BCUT2D eigenvalue weighted by atomic mass is 16.6. The molecular formula is C27H29N3O5. The molecule has 182 valence electrons. The molecule has 1 aliphatic carbocycles. The van der Waals surface area contributed by atoms with Gasteiger partial charge in [0.25, 0.3) is 5.91 Å². The fraction of sp³-hybridized carbons (Fsp3) is 0.444. The van der Waals surface area contributed by atoms with Gasteiger partial charge in [0.05, 0.1) is 11.8 Å². The molecule has 0 saturated carbocycles.